The van der Waals surface area contributed by atoms with E-state index >= 15 is 0 Å². The van der Waals surface area contributed by atoms with Crippen molar-refractivity contribution in [2.45, 2.75) is 49.3 Å². The number of rotatable bonds is 6. The first-order chi connectivity index (χ1) is 11.6. The first-order valence-corrected chi connectivity index (χ1v) is 9.28. The van der Waals surface area contributed by atoms with Crippen LogP contribution in [0.5, 0.6) is 0 Å². The number of nitrogens with one attached hydrogen (secondary N) is 1. The largest absolute Gasteiger partial charge is 0.355 e. The fourth-order valence-electron chi connectivity index (χ4n) is 2.88. The van der Waals surface area contributed by atoms with Gasteiger partial charge in [-0.15, -0.1) is 0 Å². The van der Waals surface area contributed by atoms with Gasteiger partial charge in [-0.05, 0) is 39.0 Å². The van der Waals surface area contributed by atoms with Crippen LogP contribution in [0.15, 0.2) is 29.2 Å². The van der Waals surface area contributed by atoms with E-state index in [0.29, 0.717) is 6.54 Å². The number of amides is 1. The summed E-state index contributed by atoms with van der Waals surface area (Å²) in [5, 5.41) is 8.72. The Morgan fingerprint density at radius 3 is 3.08 bits per heavy atom. The van der Waals surface area contributed by atoms with Crippen LogP contribution in [0.25, 0.3) is 11.0 Å². The highest BCUT2D eigenvalue weighted by molar-refractivity contribution is 8.00. The number of hydrogen-bond donors (Lipinski definition) is 1. The van der Waals surface area contributed by atoms with Gasteiger partial charge in [-0.1, -0.05) is 23.4 Å². The molecule has 2 aromatic heterocycles. The molecule has 0 fully saturated rings. The molecule has 0 unspecified atom stereocenters. The van der Waals surface area contributed by atoms with Crippen LogP contribution in [-0.4, -0.2) is 37.5 Å². The molecule has 7 heteroatoms. The Kier molecular flexibility index (Phi) is 5.50. The maximum Gasteiger partial charge on any atom is 0.233 e. The van der Waals surface area contributed by atoms with Crippen LogP contribution in [0.2, 0.25) is 0 Å². The number of nitrogens with zero attached hydrogens (tertiary/aromatic N) is 4. The van der Waals surface area contributed by atoms with Gasteiger partial charge in [-0.2, -0.15) is 5.10 Å². The van der Waals surface area contributed by atoms with Crippen molar-refractivity contribution in [2.24, 2.45) is 7.05 Å². The molecule has 6 nitrogen and oxygen atoms in total. The van der Waals surface area contributed by atoms with Crippen molar-refractivity contribution in [3.8, 4) is 0 Å². The van der Waals surface area contributed by atoms with Crippen LogP contribution < -0.4 is 5.32 Å². The van der Waals surface area contributed by atoms with Crippen molar-refractivity contribution >= 4 is 28.7 Å². The molecule has 0 radical (unpaired) electrons. The summed E-state index contributed by atoms with van der Waals surface area (Å²) in [5.74, 6) is 0.0482. The van der Waals surface area contributed by atoms with Gasteiger partial charge in [0, 0.05) is 13.6 Å². The van der Waals surface area contributed by atoms with Crippen LogP contribution in [0.1, 0.15) is 39.0 Å². The summed E-state index contributed by atoms with van der Waals surface area (Å²) >= 11 is 1.45. The molecule has 1 aliphatic rings. The fourth-order valence-corrected chi connectivity index (χ4v) is 3.78. The number of allylic oxidation sites excluding steroid dienone is 1. The summed E-state index contributed by atoms with van der Waals surface area (Å²) in [6, 6.07) is 0. The van der Waals surface area contributed by atoms with Crippen LogP contribution in [-0.2, 0) is 11.8 Å². The number of carbonyl (C=O) groups is 1. The molecule has 0 saturated heterocycles. The number of carbonyl (C=O) groups excluding carboxylic acids is 1. The quantitative estimate of drug-likeness (QED) is 0.495. The molecule has 2 heterocycles. The lowest BCUT2D eigenvalue weighted by molar-refractivity contribution is -0.120. The molecule has 1 N–H and O–H groups in total. The van der Waals surface area contributed by atoms with E-state index in [4.69, 9.17) is 0 Å². The first kappa shape index (κ1) is 17.0. The monoisotopic (exact) mass is 345 g/mol. The minimum atomic E-state index is -0.205. The molecule has 1 amide bonds. The minimum absolute atomic E-state index is 0.0482. The van der Waals surface area contributed by atoms with Gasteiger partial charge < -0.3 is 5.32 Å². The predicted molar refractivity (Wildman–Crippen MR) is 95.8 cm³/mol. The molecule has 24 heavy (non-hydrogen) atoms. The Bertz CT molecular complexity index is 755. The summed E-state index contributed by atoms with van der Waals surface area (Å²) in [7, 11) is 1.85. The summed E-state index contributed by atoms with van der Waals surface area (Å²) in [4.78, 5) is 20.8. The number of aryl methyl sites for hydroxylation is 1. The van der Waals surface area contributed by atoms with E-state index in [2.05, 4.69) is 26.5 Å². The number of aromatic nitrogens is 4. The van der Waals surface area contributed by atoms with E-state index in [1.807, 2.05) is 14.0 Å². The molecule has 0 spiro atoms. The topological polar surface area (TPSA) is 72.7 Å². The van der Waals surface area contributed by atoms with E-state index in [1.165, 1.54) is 49.3 Å². The molecule has 1 atom stereocenters. The van der Waals surface area contributed by atoms with Crippen molar-refractivity contribution in [2.75, 3.05) is 6.54 Å². The molecule has 1 aliphatic carbocycles. The molecular weight excluding hydrogens is 322 g/mol. The second-order valence-electron chi connectivity index (χ2n) is 6.09. The lowest BCUT2D eigenvalue weighted by Crippen LogP contribution is -2.32. The second-order valence-corrected chi connectivity index (χ2v) is 7.42. The predicted octanol–water partition coefficient (Wildman–Crippen LogP) is 2.85. The van der Waals surface area contributed by atoms with E-state index in [9.17, 15) is 4.79 Å². The minimum Gasteiger partial charge on any atom is -0.355 e. The normalized spacial score (nSPS) is 16.0. The van der Waals surface area contributed by atoms with Crippen molar-refractivity contribution in [1.29, 1.82) is 0 Å². The lowest BCUT2D eigenvalue weighted by Gasteiger charge is -2.15. The zero-order valence-electron chi connectivity index (χ0n) is 14.2. The van der Waals surface area contributed by atoms with Crippen molar-refractivity contribution < 1.29 is 4.79 Å². The average Bonchev–Trinajstić information content (AvgIpc) is 2.98. The summed E-state index contributed by atoms with van der Waals surface area (Å²) in [6.07, 6.45) is 11.5. The zero-order chi connectivity index (χ0) is 16.9. The Balaban J connectivity index is 1.54. The molecule has 128 valence electrons. The Morgan fingerprint density at radius 1 is 1.42 bits per heavy atom. The van der Waals surface area contributed by atoms with Gasteiger partial charge in [0.1, 0.15) is 11.4 Å². The van der Waals surface area contributed by atoms with Crippen molar-refractivity contribution in [1.82, 2.24) is 25.1 Å². The van der Waals surface area contributed by atoms with Crippen LogP contribution in [0, 0.1) is 0 Å². The molecule has 2 aromatic rings. The van der Waals surface area contributed by atoms with Crippen LogP contribution in [0.4, 0.5) is 0 Å². The third-order valence-electron chi connectivity index (χ3n) is 4.28. The van der Waals surface area contributed by atoms with Gasteiger partial charge in [0.05, 0.1) is 16.8 Å². The van der Waals surface area contributed by atoms with Crippen LogP contribution >= 0.6 is 11.8 Å². The Morgan fingerprint density at radius 2 is 2.29 bits per heavy atom. The standard InChI is InChI=1S/C17H23N5OS/c1-12(16(23)18-9-8-13-6-4-3-5-7-13)24-17-14-10-21-22(2)15(14)19-11-20-17/h6,10-12H,3-5,7-9H2,1-2H3,(H,18,23)/t12-/m0/s1. The third-order valence-corrected chi connectivity index (χ3v) is 5.40. The number of hydrogen-bond acceptors (Lipinski definition) is 5. The highest BCUT2D eigenvalue weighted by atomic mass is 32.2. The van der Waals surface area contributed by atoms with Crippen LogP contribution in [0.3, 0.4) is 0 Å². The number of thioether (sulfide) groups is 1. The first-order valence-electron chi connectivity index (χ1n) is 8.40. The van der Waals surface area contributed by atoms with Crippen molar-refractivity contribution in [3.63, 3.8) is 0 Å². The molecule has 0 saturated carbocycles. The molecule has 0 bridgehead atoms. The van der Waals surface area contributed by atoms with E-state index in [-0.39, 0.29) is 11.2 Å². The van der Waals surface area contributed by atoms with E-state index in [1.54, 1.807) is 10.9 Å². The maximum absolute atomic E-state index is 12.3. The van der Waals surface area contributed by atoms with Crippen molar-refractivity contribution in [3.05, 3.63) is 24.2 Å². The number of fused-ring (bicyclic) bond motifs is 1. The van der Waals surface area contributed by atoms with Gasteiger partial charge in [-0.3, -0.25) is 9.48 Å². The molecular formula is C17H23N5OS. The Hall–Kier alpha value is -1.89. The highest BCUT2D eigenvalue weighted by Crippen LogP contribution is 2.27. The summed E-state index contributed by atoms with van der Waals surface area (Å²) < 4.78 is 1.71. The summed E-state index contributed by atoms with van der Waals surface area (Å²) in [6.45, 7) is 2.62. The second kappa shape index (κ2) is 7.79. The zero-order valence-corrected chi connectivity index (χ0v) is 15.0. The highest BCUT2D eigenvalue weighted by Gasteiger charge is 2.18. The van der Waals surface area contributed by atoms with E-state index in [0.717, 1.165) is 22.5 Å². The fraction of sp³-hybridized carbons (Fsp3) is 0.529. The van der Waals surface area contributed by atoms with Gasteiger partial charge in [-0.25, -0.2) is 9.97 Å². The third kappa shape index (κ3) is 3.95. The van der Waals surface area contributed by atoms with Gasteiger partial charge in [0.2, 0.25) is 5.91 Å². The molecule has 0 aromatic carbocycles. The SMILES string of the molecule is C[C@H](Sc1ncnc2c1cnn2C)C(=O)NCCC1=CCCCC1. The van der Waals surface area contributed by atoms with Gasteiger partial charge >= 0.3 is 0 Å². The smallest absolute Gasteiger partial charge is 0.233 e. The van der Waals surface area contributed by atoms with Gasteiger partial charge in [0.15, 0.2) is 5.65 Å². The Labute approximate surface area is 146 Å². The van der Waals surface area contributed by atoms with E-state index < -0.39 is 0 Å². The molecule has 0 aliphatic heterocycles. The lowest BCUT2D eigenvalue weighted by atomic mass is 9.97. The molecule has 3 rings (SSSR count). The average molecular weight is 345 g/mol. The maximum atomic E-state index is 12.3. The van der Waals surface area contributed by atoms with Gasteiger partial charge in [0.25, 0.3) is 0 Å². The summed E-state index contributed by atoms with van der Waals surface area (Å²) in [5.41, 5.74) is 2.26.